The van der Waals surface area contributed by atoms with E-state index in [4.69, 9.17) is 4.74 Å². The molecule has 1 heterocycles. The van der Waals surface area contributed by atoms with Crippen LogP contribution in [0.4, 0.5) is 0 Å². The molecule has 70 valence electrons. The van der Waals surface area contributed by atoms with Crippen molar-refractivity contribution < 1.29 is 9.53 Å². The smallest absolute Gasteiger partial charge is 0.268 e. The first-order chi connectivity index (χ1) is 6.22. The maximum atomic E-state index is 11.5. The van der Waals surface area contributed by atoms with Gasteiger partial charge in [-0.05, 0) is 19.9 Å². The van der Waals surface area contributed by atoms with Crippen LogP contribution in [0.3, 0.4) is 0 Å². The van der Waals surface area contributed by atoms with E-state index in [-0.39, 0.29) is 5.91 Å². The molecule has 0 atom stereocenters. The van der Waals surface area contributed by atoms with E-state index in [1.807, 2.05) is 26.0 Å². The lowest BCUT2D eigenvalue weighted by Gasteiger charge is -2.27. The summed E-state index contributed by atoms with van der Waals surface area (Å²) in [4.78, 5) is 11.5. The van der Waals surface area contributed by atoms with Gasteiger partial charge in [0, 0.05) is 12.8 Å². The summed E-state index contributed by atoms with van der Waals surface area (Å²) in [5.74, 6) is 0.797. The summed E-state index contributed by atoms with van der Waals surface area (Å²) in [7, 11) is 0. The minimum atomic E-state index is -0.519. The van der Waals surface area contributed by atoms with Gasteiger partial charge in [-0.2, -0.15) is 0 Å². The fraction of sp³-hybridized carbons (Fsp3) is 0.500. The zero-order valence-electron chi connectivity index (χ0n) is 7.89. The first-order valence-electron chi connectivity index (χ1n) is 4.55. The largest absolute Gasteiger partial charge is 0.476 e. The molecule has 1 saturated carbocycles. The number of rotatable bonds is 0. The predicted octanol–water partition coefficient (Wildman–Crippen LogP) is 1.47. The minimum absolute atomic E-state index is 0.00574. The molecule has 1 N–H and O–H groups in total. The number of amides is 1. The summed E-state index contributed by atoms with van der Waals surface area (Å²) < 4.78 is 5.63. The van der Waals surface area contributed by atoms with E-state index in [1.54, 1.807) is 0 Å². The van der Waals surface area contributed by atoms with Crippen LogP contribution in [-0.2, 0) is 9.53 Å². The lowest BCUT2D eigenvalue weighted by molar-refractivity contribution is -0.134. The molecule has 0 aromatic rings. The van der Waals surface area contributed by atoms with Crippen LogP contribution >= 0.6 is 0 Å². The van der Waals surface area contributed by atoms with Crippen molar-refractivity contribution in [3.8, 4) is 0 Å². The van der Waals surface area contributed by atoms with Crippen LogP contribution in [0.15, 0.2) is 23.6 Å². The standard InChI is InChI=1S/C10H13NO2/c1-3-7-8(4-2)13-10(5-6-10)9(12)11-7/h3-4H,5-6H2,1-2H3,(H,11,12). The lowest BCUT2D eigenvalue weighted by Crippen LogP contribution is -2.43. The summed E-state index contributed by atoms with van der Waals surface area (Å²) >= 11 is 0. The Morgan fingerprint density at radius 2 is 2.08 bits per heavy atom. The maximum Gasteiger partial charge on any atom is 0.268 e. The van der Waals surface area contributed by atoms with Crippen LogP contribution in [0.2, 0.25) is 0 Å². The third-order valence-electron chi connectivity index (χ3n) is 2.49. The summed E-state index contributed by atoms with van der Waals surface area (Å²) in [6, 6.07) is 0. The quantitative estimate of drug-likeness (QED) is 0.611. The van der Waals surface area contributed by atoms with E-state index in [0.717, 1.165) is 24.3 Å². The molecule has 1 aliphatic carbocycles. The van der Waals surface area contributed by atoms with E-state index in [9.17, 15) is 4.79 Å². The molecule has 2 rings (SSSR count). The second-order valence-corrected chi connectivity index (χ2v) is 3.41. The number of hydrogen-bond acceptors (Lipinski definition) is 2. The van der Waals surface area contributed by atoms with Gasteiger partial charge in [-0.25, -0.2) is 0 Å². The van der Waals surface area contributed by atoms with Gasteiger partial charge in [0.25, 0.3) is 5.91 Å². The molecule has 3 nitrogen and oxygen atoms in total. The van der Waals surface area contributed by atoms with Crippen LogP contribution in [-0.4, -0.2) is 11.5 Å². The molecular weight excluding hydrogens is 166 g/mol. The predicted molar refractivity (Wildman–Crippen MR) is 48.7 cm³/mol. The van der Waals surface area contributed by atoms with Crippen LogP contribution in [0.25, 0.3) is 0 Å². The van der Waals surface area contributed by atoms with Crippen molar-refractivity contribution in [2.24, 2.45) is 0 Å². The summed E-state index contributed by atoms with van der Waals surface area (Å²) in [6.07, 6.45) is 5.41. The number of nitrogens with one attached hydrogen (secondary N) is 1. The molecule has 0 unspecified atom stereocenters. The molecule has 1 aliphatic heterocycles. The highest BCUT2D eigenvalue weighted by molar-refractivity contribution is 5.91. The highest BCUT2D eigenvalue weighted by atomic mass is 16.5. The fourth-order valence-corrected chi connectivity index (χ4v) is 1.48. The Labute approximate surface area is 77.5 Å². The first kappa shape index (κ1) is 8.35. The van der Waals surface area contributed by atoms with Crippen molar-refractivity contribution in [2.75, 3.05) is 0 Å². The third kappa shape index (κ3) is 1.15. The highest BCUT2D eigenvalue weighted by Crippen LogP contribution is 2.44. The molecule has 1 spiro atoms. The van der Waals surface area contributed by atoms with Crippen LogP contribution in [0, 0.1) is 0 Å². The molecule has 2 aliphatic rings. The van der Waals surface area contributed by atoms with Crippen molar-refractivity contribution in [3.63, 3.8) is 0 Å². The van der Waals surface area contributed by atoms with E-state index in [2.05, 4.69) is 5.32 Å². The Morgan fingerprint density at radius 3 is 2.54 bits per heavy atom. The average molecular weight is 179 g/mol. The van der Waals surface area contributed by atoms with Gasteiger partial charge in [0.2, 0.25) is 0 Å². The highest BCUT2D eigenvalue weighted by Gasteiger charge is 2.55. The Balaban J connectivity index is 2.27. The van der Waals surface area contributed by atoms with Crippen molar-refractivity contribution in [1.82, 2.24) is 5.32 Å². The van der Waals surface area contributed by atoms with E-state index < -0.39 is 5.60 Å². The molecule has 0 aromatic heterocycles. The zero-order chi connectivity index (χ0) is 9.47. The number of morpholine rings is 1. The number of hydrogen-bond donors (Lipinski definition) is 1. The molecule has 0 aromatic carbocycles. The molecule has 0 bridgehead atoms. The van der Waals surface area contributed by atoms with Gasteiger partial charge < -0.3 is 10.1 Å². The van der Waals surface area contributed by atoms with Crippen LogP contribution in [0.5, 0.6) is 0 Å². The Kier molecular flexibility index (Phi) is 1.68. The van der Waals surface area contributed by atoms with E-state index >= 15 is 0 Å². The molecular formula is C10H13NO2. The second kappa shape index (κ2) is 2.62. The second-order valence-electron chi connectivity index (χ2n) is 3.41. The molecule has 2 fully saturated rings. The third-order valence-corrected chi connectivity index (χ3v) is 2.49. The number of carbonyl (C=O) groups excluding carboxylic acids is 1. The van der Waals surface area contributed by atoms with Crippen molar-refractivity contribution in [2.45, 2.75) is 32.3 Å². The van der Waals surface area contributed by atoms with Crippen molar-refractivity contribution in [1.29, 1.82) is 0 Å². The van der Waals surface area contributed by atoms with Gasteiger partial charge >= 0.3 is 0 Å². The van der Waals surface area contributed by atoms with Gasteiger partial charge in [0.15, 0.2) is 5.60 Å². The topological polar surface area (TPSA) is 38.3 Å². The van der Waals surface area contributed by atoms with Gasteiger partial charge in [0.05, 0.1) is 5.70 Å². The molecule has 1 saturated heterocycles. The lowest BCUT2D eigenvalue weighted by atomic mass is 10.2. The average Bonchev–Trinajstić information content (AvgIpc) is 2.90. The molecule has 0 radical (unpaired) electrons. The molecule has 1 amide bonds. The number of allylic oxidation sites excluding steroid dienone is 2. The van der Waals surface area contributed by atoms with E-state index in [0.29, 0.717) is 0 Å². The van der Waals surface area contributed by atoms with Gasteiger partial charge in [-0.15, -0.1) is 0 Å². The monoisotopic (exact) mass is 179 g/mol. The molecule has 3 heteroatoms. The Morgan fingerprint density at radius 1 is 1.38 bits per heavy atom. The SMILES string of the molecule is CC=C1NC(=O)C2(CC2)OC1=CC. The van der Waals surface area contributed by atoms with Crippen LogP contribution < -0.4 is 5.32 Å². The van der Waals surface area contributed by atoms with Crippen molar-refractivity contribution in [3.05, 3.63) is 23.6 Å². The summed E-state index contributed by atoms with van der Waals surface area (Å²) in [5.41, 5.74) is 0.263. The summed E-state index contributed by atoms with van der Waals surface area (Å²) in [6.45, 7) is 3.79. The minimum Gasteiger partial charge on any atom is -0.476 e. The van der Waals surface area contributed by atoms with Gasteiger partial charge in [-0.3, -0.25) is 4.79 Å². The van der Waals surface area contributed by atoms with Crippen LogP contribution in [0.1, 0.15) is 26.7 Å². The van der Waals surface area contributed by atoms with E-state index in [1.165, 1.54) is 0 Å². The normalized spacial score (nSPS) is 30.5. The first-order valence-corrected chi connectivity index (χ1v) is 4.55. The zero-order valence-corrected chi connectivity index (χ0v) is 7.89. The maximum absolute atomic E-state index is 11.5. The Bertz CT molecular complexity index is 311. The number of ether oxygens (including phenoxy) is 1. The fourth-order valence-electron chi connectivity index (χ4n) is 1.48. The number of carbonyl (C=O) groups is 1. The Hall–Kier alpha value is -1.25. The van der Waals surface area contributed by atoms with Gasteiger partial charge in [-0.1, -0.05) is 6.08 Å². The van der Waals surface area contributed by atoms with Gasteiger partial charge in [0.1, 0.15) is 5.76 Å². The van der Waals surface area contributed by atoms with Crippen molar-refractivity contribution >= 4 is 5.91 Å². The molecule has 13 heavy (non-hydrogen) atoms. The summed E-state index contributed by atoms with van der Waals surface area (Å²) in [5, 5.41) is 2.85.